The number of benzene rings is 1. The molecule has 0 aromatic heterocycles. The summed E-state index contributed by atoms with van der Waals surface area (Å²) < 4.78 is 1.08. The van der Waals surface area contributed by atoms with E-state index in [1.807, 2.05) is 17.0 Å². The van der Waals surface area contributed by atoms with Gasteiger partial charge in [-0.25, -0.2) is 0 Å². The first-order chi connectivity index (χ1) is 8.12. The third kappa shape index (κ3) is 1.91. The van der Waals surface area contributed by atoms with E-state index in [0.29, 0.717) is 6.42 Å². The SMILES string of the molecule is O=C1CC(S)CN1C1(c2ccc(Br)cc2)CC1. The molecule has 1 atom stereocenters. The first kappa shape index (κ1) is 11.6. The lowest BCUT2D eigenvalue weighted by Crippen LogP contribution is -2.36. The average Bonchev–Trinajstić information content (AvgIpc) is 3.01. The van der Waals surface area contributed by atoms with E-state index >= 15 is 0 Å². The maximum atomic E-state index is 12.0. The molecule has 0 radical (unpaired) electrons. The molecular formula is C13H14BrNOS. The maximum Gasteiger partial charge on any atom is 0.224 e. The summed E-state index contributed by atoms with van der Waals surface area (Å²) in [7, 11) is 0. The van der Waals surface area contributed by atoms with Crippen LogP contribution in [0.2, 0.25) is 0 Å². The van der Waals surface area contributed by atoms with Crippen molar-refractivity contribution in [2.75, 3.05) is 6.54 Å². The van der Waals surface area contributed by atoms with Gasteiger partial charge in [-0.05, 0) is 30.5 Å². The fourth-order valence-corrected chi connectivity index (χ4v) is 3.28. The van der Waals surface area contributed by atoms with Gasteiger partial charge in [-0.15, -0.1) is 0 Å². The molecule has 1 amide bonds. The van der Waals surface area contributed by atoms with Gasteiger partial charge >= 0.3 is 0 Å². The van der Waals surface area contributed by atoms with Gasteiger partial charge in [0, 0.05) is 22.7 Å². The Morgan fingerprint density at radius 2 is 1.94 bits per heavy atom. The van der Waals surface area contributed by atoms with Crippen LogP contribution in [-0.2, 0) is 10.3 Å². The number of rotatable bonds is 2. The van der Waals surface area contributed by atoms with Gasteiger partial charge in [0.05, 0.1) is 5.54 Å². The number of likely N-dealkylation sites (tertiary alicyclic amines) is 1. The van der Waals surface area contributed by atoms with Crippen molar-refractivity contribution >= 4 is 34.5 Å². The minimum absolute atomic E-state index is 0.0186. The van der Waals surface area contributed by atoms with Gasteiger partial charge in [0.2, 0.25) is 5.91 Å². The molecule has 1 aliphatic heterocycles. The highest BCUT2D eigenvalue weighted by molar-refractivity contribution is 9.10. The van der Waals surface area contributed by atoms with E-state index < -0.39 is 0 Å². The zero-order chi connectivity index (χ0) is 12.0. The van der Waals surface area contributed by atoms with E-state index in [2.05, 4.69) is 40.7 Å². The summed E-state index contributed by atoms with van der Waals surface area (Å²) in [6.07, 6.45) is 2.75. The number of carbonyl (C=O) groups excluding carboxylic acids is 1. The van der Waals surface area contributed by atoms with Gasteiger partial charge in [-0.2, -0.15) is 12.6 Å². The highest BCUT2D eigenvalue weighted by Gasteiger charge is 2.53. The van der Waals surface area contributed by atoms with Crippen molar-refractivity contribution in [2.24, 2.45) is 0 Å². The third-order valence-electron chi connectivity index (χ3n) is 3.73. The van der Waals surface area contributed by atoms with Gasteiger partial charge in [-0.3, -0.25) is 4.79 Å². The number of thiol groups is 1. The Morgan fingerprint density at radius 1 is 1.29 bits per heavy atom. The van der Waals surface area contributed by atoms with Crippen molar-refractivity contribution in [3.05, 3.63) is 34.3 Å². The van der Waals surface area contributed by atoms with Crippen LogP contribution >= 0.6 is 28.6 Å². The van der Waals surface area contributed by atoms with Crippen molar-refractivity contribution in [3.63, 3.8) is 0 Å². The first-order valence-corrected chi connectivity index (χ1v) is 7.17. The monoisotopic (exact) mass is 311 g/mol. The van der Waals surface area contributed by atoms with Crippen LogP contribution in [0.1, 0.15) is 24.8 Å². The van der Waals surface area contributed by atoms with Gasteiger partial charge < -0.3 is 4.90 Å². The summed E-state index contributed by atoms with van der Waals surface area (Å²) in [5.74, 6) is 0.255. The Balaban J connectivity index is 1.91. The van der Waals surface area contributed by atoms with Crippen molar-refractivity contribution in [1.82, 2.24) is 4.90 Å². The molecule has 1 heterocycles. The van der Waals surface area contributed by atoms with Crippen molar-refractivity contribution in [2.45, 2.75) is 30.1 Å². The minimum Gasteiger partial charge on any atom is -0.332 e. The number of hydrogen-bond donors (Lipinski definition) is 1. The molecule has 2 fully saturated rings. The summed E-state index contributed by atoms with van der Waals surface area (Å²) in [6, 6.07) is 8.34. The van der Waals surface area contributed by atoms with Crippen LogP contribution in [-0.4, -0.2) is 22.6 Å². The third-order valence-corrected chi connectivity index (χ3v) is 4.60. The number of amides is 1. The summed E-state index contributed by atoms with van der Waals surface area (Å²) >= 11 is 7.87. The Kier molecular flexibility index (Phi) is 2.75. The second-order valence-electron chi connectivity index (χ2n) is 4.90. The number of nitrogens with zero attached hydrogens (tertiary/aromatic N) is 1. The summed E-state index contributed by atoms with van der Waals surface area (Å²) in [5, 5.41) is 0.204. The molecule has 1 aromatic rings. The van der Waals surface area contributed by atoms with Gasteiger partial charge in [0.25, 0.3) is 0 Å². The summed E-state index contributed by atoms with van der Waals surface area (Å²) in [4.78, 5) is 14.0. The van der Waals surface area contributed by atoms with Crippen LogP contribution in [0.4, 0.5) is 0 Å². The van der Waals surface area contributed by atoms with Crippen molar-refractivity contribution in [1.29, 1.82) is 0 Å². The molecule has 17 heavy (non-hydrogen) atoms. The van der Waals surface area contributed by atoms with Crippen molar-refractivity contribution in [3.8, 4) is 0 Å². The average molecular weight is 312 g/mol. The smallest absolute Gasteiger partial charge is 0.224 e. The number of halogens is 1. The molecule has 2 aliphatic rings. The molecule has 3 rings (SSSR count). The van der Waals surface area contributed by atoms with Crippen LogP contribution in [0, 0.1) is 0 Å². The zero-order valence-corrected chi connectivity index (χ0v) is 11.9. The van der Waals surface area contributed by atoms with E-state index in [0.717, 1.165) is 23.9 Å². The summed E-state index contributed by atoms with van der Waals surface area (Å²) in [5.41, 5.74) is 1.24. The normalized spacial score (nSPS) is 26.4. The van der Waals surface area contributed by atoms with Crippen LogP contribution < -0.4 is 0 Å². The minimum atomic E-state index is -0.0186. The largest absolute Gasteiger partial charge is 0.332 e. The van der Waals surface area contributed by atoms with E-state index in [1.165, 1.54) is 5.56 Å². The van der Waals surface area contributed by atoms with E-state index in [1.54, 1.807) is 0 Å². The molecule has 90 valence electrons. The van der Waals surface area contributed by atoms with Gasteiger partial charge in [-0.1, -0.05) is 28.1 Å². The van der Waals surface area contributed by atoms with Gasteiger partial charge in [0.15, 0.2) is 0 Å². The number of hydrogen-bond acceptors (Lipinski definition) is 2. The molecular weight excluding hydrogens is 298 g/mol. The molecule has 1 unspecified atom stereocenters. The second-order valence-corrected chi connectivity index (χ2v) is 6.55. The molecule has 0 bridgehead atoms. The van der Waals surface area contributed by atoms with Crippen molar-refractivity contribution < 1.29 is 4.79 Å². The Labute approximate surface area is 115 Å². The van der Waals surface area contributed by atoms with Crippen LogP contribution in [0.25, 0.3) is 0 Å². The Morgan fingerprint density at radius 3 is 2.41 bits per heavy atom. The number of carbonyl (C=O) groups is 1. The van der Waals surface area contributed by atoms with Crippen LogP contribution in [0.5, 0.6) is 0 Å². The van der Waals surface area contributed by atoms with Gasteiger partial charge in [0.1, 0.15) is 0 Å². The van der Waals surface area contributed by atoms with Crippen LogP contribution in [0.15, 0.2) is 28.7 Å². The predicted molar refractivity (Wildman–Crippen MR) is 74.2 cm³/mol. The lowest BCUT2D eigenvalue weighted by Gasteiger charge is -2.28. The molecule has 0 spiro atoms. The fourth-order valence-electron chi connectivity index (χ4n) is 2.70. The molecule has 0 N–H and O–H groups in total. The lowest BCUT2D eigenvalue weighted by molar-refractivity contribution is -0.130. The lowest BCUT2D eigenvalue weighted by atomic mass is 10.0. The van der Waals surface area contributed by atoms with Crippen LogP contribution in [0.3, 0.4) is 0 Å². The molecule has 1 aliphatic carbocycles. The maximum absolute atomic E-state index is 12.0. The quantitative estimate of drug-likeness (QED) is 0.833. The Hall–Kier alpha value is -0.480. The zero-order valence-electron chi connectivity index (χ0n) is 9.40. The molecule has 1 aromatic carbocycles. The summed E-state index contributed by atoms with van der Waals surface area (Å²) in [6.45, 7) is 0.790. The molecule has 1 saturated heterocycles. The van der Waals surface area contributed by atoms with E-state index in [9.17, 15) is 4.79 Å². The molecule has 2 nitrogen and oxygen atoms in total. The standard InChI is InChI=1S/C13H14BrNOS/c14-10-3-1-9(2-4-10)13(5-6-13)15-8-11(17)7-12(15)16/h1-4,11,17H,5-8H2. The predicted octanol–water partition coefficient (Wildman–Crippen LogP) is 2.97. The second kappa shape index (κ2) is 4.02. The fraction of sp³-hybridized carbons (Fsp3) is 0.462. The first-order valence-electron chi connectivity index (χ1n) is 5.86. The van der Waals surface area contributed by atoms with E-state index in [-0.39, 0.29) is 16.7 Å². The molecule has 1 saturated carbocycles. The highest BCUT2D eigenvalue weighted by Crippen LogP contribution is 2.52. The highest BCUT2D eigenvalue weighted by atomic mass is 79.9. The molecule has 4 heteroatoms. The van der Waals surface area contributed by atoms with E-state index in [4.69, 9.17) is 0 Å². The Bertz CT molecular complexity index is 455. The topological polar surface area (TPSA) is 20.3 Å².